The van der Waals surface area contributed by atoms with Crippen molar-refractivity contribution < 1.29 is 77.1 Å². The minimum atomic E-state index is 0. The third-order valence-electron chi connectivity index (χ3n) is 2.73. The molecular formula is C15H11Br3Zr. The van der Waals surface area contributed by atoms with Crippen molar-refractivity contribution in [2.45, 2.75) is 0 Å². The first-order valence-electron chi connectivity index (χ1n) is 5.14. The van der Waals surface area contributed by atoms with Gasteiger partial charge in [-0.1, -0.05) is 54.1 Å². The third-order valence-corrected chi connectivity index (χ3v) is 2.73. The monoisotopic (exact) mass is 518 g/mol. The van der Waals surface area contributed by atoms with Crippen molar-refractivity contribution in [3.8, 4) is 11.1 Å². The van der Waals surface area contributed by atoms with Crippen LogP contribution in [-0.4, -0.2) is 0 Å². The van der Waals surface area contributed by atoms with Crippen LogP contribution in [0.5, 0.6) is 0 Å². The molecule has 0 bridgehead atoms. The zero-order valence-electron chi connectivity index (χ0n) is 9.98. The molecule has 3 aromatic carbocycles. The van der Waals surface area contributed by atoms with Gasteiger partial charge in [0.25, 0.3) is 0 Å². The molecule has 19 heavy (non-hydrogen) atoms. The molecule has 0 radical (unpaired) electrons. The van der Waals surface area contributed by atoms with Gasteiger partial charge in [0.1, 0.15) is 0 Å². The van der Waals surface area contributed by atoms with Crippen LogP contribution in [0.2, 0.25) is 0 Å². The number of hydrogen-bond donors (Lipinski definition) is 0. The smallest absolute Gasteiger partial charge is 1.00 e. The first-order chi connectivity index (χ1) is 7.43. The predicted molar refractivity (Wildman–Crippen MR) is 65.0 cm³/mol. The van der Waals surface area contributed by atoms with E-state index in [0.717, 1.165) is 0 Å². The minimum absolute atomic E-state index is 0. The maximum absolute atomic E-state index is 2.24. The standard InChI is InChI=1S/C15H11.3BrH.Zr/c1-2-6-12(7-3-1)15-10-13-8-4-5-9-14(13)11-15;;;;/h1-11H;3*1H;/q-1;;;;+4/p-3. The molecule has 0 N–H and O–H groups in total. The largest absolute Gasteiger partial charge is 4.00 e. The number of benzene rings is 2. The molecule has 3 rings (SSSR count). The summed E-state index contributed by atoms with van der Waals surface area (Å²) in [6, 6.07) is 23.4. The fraction of sp³-hybridized carbons (Fsp3) is 0. The van der Waals surface area contributed by atoms with Crippen LogP contribution in [0.15, 0.2) is 66.7 Å². The molecule has 96 valence electrons. The molecule has 0 spiro atoms. The zero-order chi connectivity index (χ0) is 10.1. The summed E-state index contributed by atoms with van der Waals surface area (Å²) in [4.78, 5) is 0. The molecule has 0 aromatic heterocycles. The van der Waals surface area contributed by atoms with Gasteiger partial charge in [0.2, 0.25) is 0 Å². The second-order valence-corrected chi connectivity index (χ2v) is 3.74. The second-order valence-electron chi connectivity index (χ2n) is 3.74. The van der Waals surface area contributed by atoms with Crippen LogP contribution in [0.4, 0.5) is 0 Å². The molecule has 0 saturated heterocycles. The maximum atomic E-state index is 2.24. The van der Waals surface area contributed by atoms with Crippen molar-refractivity contribution in [1.82, 2.24) is 0 Å². The van der Waals surface area contributed by atoms with E-state index in [-0.39, 0.29) is 77.1 Å². The molecule has 0 aliphatic heterocycles. The molecule has 0 nitrogen and oxygen atoms in total. The van der Waals surface area contributed by atoms with Crippen LogP contribution in [0, 0.1) is 0 Å². The van der Waals surface area contributed by atoms with Gasteiger partial charge in [0, 0.05) is 0 Å². The van der Waals surface area contributed by atoms with Gasteiger partial charge < -0.3 is 50.9 Å². The Kier molecular flexibility index (Phi) is 11.6. The Morgan fingerprint density at radius 1 is 0.684 bits per heavy atom. The van der Waals surface area contributed by atoms with Crippen molar-refractivity contribution in [2.24, 2.45) is 0 Å². The van der Waals surface area contributed by atoms with Crippen LogP contribution >= 0.6 is 0 Å². The predicted octanol–water partition coefficient (Wildman–Crippen LogP) is -4.76. The summed E-state index contributed by atoms with van der Waals surface area (Å²) in [7, 11) is 0. The van der Waals surface area contributed by atoms with E-state index in [9.17, 15) is 0 Å². The van der Waals surface area contributed by atoms with Gasteiger partial charge in [-0.2, -0.15) is 0 Å². The van der Waals surface area contributed by atoms with E-state index >= 15 is 0 Å². The Morgan fingerprint density at radius 2 is 1.26 bits per heavy atom. The summed E-state index contributed by atoms with van der Waals surface area (Å²) >= 11 is 0. The van der Waals surface area contributed by atoms with E-state index in [0.29, 0.717) is 0 Å². The van der Waals surface area contributed by atoms with Crippen molar-refractivity contribution in [2.75, 3.05) is 0 Å². The molecular weight excluding hydrogens is 511 g/mol. The minimum Gasteiger partial charge on any atom is -1.00 e. The van der Waals surface area contributed by atoms with Crippen molar-refractivity contribution >= 4 is 10.8 Å². The topological polar surface area (TPSA) is 0 Å². The van der Waals surface area contributed by atoms with E-state index in [1.165, 1.54) is 21.9 Å². The summed E-state index contributed by atoms with van der Waals surface area (Å²) in [5.74, 6) is 0. The van der Waals surface area contributed by atoms with Crippen LogP contribution in [0.1, 0.15) is 0 Å². The van der Waals surface area contributed by atoms with Crippen LogP contribution < -0.4 is 50.9 Å². The molecule has 0 saturated carbocycles. The zero-order valence-corrected chi connectivity index (χ0v) is 17.2. The van der Waals surface area contributed by atoms with Gasteiger partial charge in [-0.15, -0.1) is 34.5 Å². The van der Waals surface area contributed by atoms with Crippen LogP contribution in [0.25, 0.3) is 21.9 Å². The molecule has 0 unspecified atom stereocenters. The van der Waals surface area contributed by atoms with Crippen molar-refractivity contribution in [3.05, 3.63) is 66.7 Å². The quantitative estimate of drug-likeness (QED) is 0.282. The number of fused-ring (bicyclic) bond motifs is 1. The van der Waals surface area contributed by atoms with Gasteiger partial charge in [0.05, 0.1) is 0 Å². The van der Waals surface area contributed by atoms with Crippen LogP contribution in [0.3, 0.4) is 0 Å². The molecule has 0 aliphatic carbocycles. The average molecular weight is 522 g/mol. The van der Waals surface area contributed by atoms with E-state index in [2.05, 4.69) is 60.7 Å². The normalized spacial score (nSPS) is 8.42. The summed E-state index contributed by atoms with van der Waals surface area (Å²) in [6.45, 7) is 0. The Bertz CT molecular complexity index is 557. The average Bonchev–Trinajstić information content (AvgIpc) is 2.74. The number of rotatable bonds is 1. The summed E-state index contributed by atoms with van der Waals surface area (Å²) < 4.78 is 0. The first-order valence-corrected chi connectivity index (χ1v) is 5.14. The maximum Gasteiger partial charge on any atom is 4.00 e. The number of halogens is 3. The number of hydrogen-bond acceptors (Lipinski definition) is 0. The summed E-state index contributed by atoms with van der Waals surface area (Å²) in [5, 5.41) is 2.63. The van der Waals surface area contributed by atoms with Gasteiger partial charge in [-0.05, 0) is 0 Å². The molecule has 0 amide bonds. The Labute approximate surface area is 164 Å². The molecule has 3 aromatic rings. The molecule has 0 atom stereocenters. The van der Waals surface area contributed by atoms with Crippen molar-refractivity contribution in [3.63, 3.8) is 0 Å². The Balaban J connectivity index is 0. The third kappa shape index (κ3) is 5.00. The Morgan fingerprint density at radius 3 is 1.89 bits per heavy atom. The van der Waals surface area contributed by atoms with Gasteiger partial charge >= 0.3 is 26.2 Å². The fourth-order valence-corrected chi connectivity index (χ4v) is 1.95. The first kappa shape index (κ1) is 21.7. The van der Waals surface area contributed by atoms with Gasteiger partial charge in [-0.25, -0.2) is 0 Å². The fourth-order valence-electron chi connectivity index (χ4n) is 1.95. The molecule has 0 aliphatic rings. The van der Waals surface area contributed by atoms with E-state index in [1.54, 1.807) is 0 Å². The Hall–Kier alpha value is 0.373. The van der Waals surface area contributed by atoms with Crippen molar-refractivity contribution in [1.29, 1.82) is 0 Å². The molecule has 0 fully saturated rings. The molecule has 4 heteroatoms. The van der Waals surface area contributed by atoms with Crippen LogP contribution in [-0.2, 0) is 26.2 Å². The molecule has 0 heterocycles. The van der Waals surface area contributed by atoms with Gasteiger partial charge in [-0.3, -0.25) is 0 Å². The van der Waals surface area contributed by atoms with E-state index in [1.807, 2.05) is 6.07 Å². The van der Waals surface area contributed by atoms with E-state index < -0.39 is 0 Å². The SMILES string of the molecule is [Br-].[Br-].[Br-].[Zr+4].c1ccc(-c2cc3ccccc3[cH-]2)cc1. The second kappa shape index (κ2) is 10.2. The summed E-state index contributed by atoms with van der Waals surface area (Å²) in [6.07, 6.45) is 0. The van der Waals surface area contributed by atoms with Gasteiger partial charge in [0.15, 0.2) is 0 Å². The summed E-state index contributed by atoms with van der Waals surface area (Å²) in [5.41, 5.74) is 2.59. The van der Waals surface area contributed by atoms with E-state index in [4.69, 9.17) is 0 Å².